The van der Waals surface area contributed by atoms with Crippen LogP contribution in [0.5, 0.6) is 5.75 Å². The lowest BCUT2D eigenvalue weighted by atomic mass is 10.2. The average Bonchev–Trinajstić information content (AvgIpc) is 2.95. The molecule has 7 heteroatoms. The highest BCUT2D eigenvalue weighted by Gasteiger charge is 2.12. The SMILES string of the molecule is Brc1ccc(OCc2nnc(-c3ccccc3Br)o2)c(Br)c1. The van der Waals surface area contributed by atoms with Crippen molar-refractivity contribution in [2.75, 3.05) is 0 Å². The fourth-order valence-electron chi connectivity index (χ4n) is 1.79. The van der Waals surface area contributed by atoms with Gasteiger partial charge in [-0.15, -0.1) is 10.2 Å². The molecule has 0 N–H and O–H groups in total. The zero-order chi connectivity index (χ0) is 15.5. The van der Waals surface area contributed by atoms with Crippen LogP contribution in [0.4, 0.5) is 0 Å². The molecule has 0 amide bonds. The zero-order valence-electron chi connectivity index (χ0n) is 11.1. The summed E-state index contributed by atoms with van der Waals surface area (Å²) in [7, 11) is 0. The summed E-state index contributed by atoms with van der Waals surface area (Å²) in [6, 6.07) is 13.4. The lowest BCUT2D eigenvalue weighted by molar-refractivity contribution is 0.263. The second-order valence-electron chi connectivity index (χ2n) is 4.34. The van der Waals surface area contributed by atoms with E-state index in [4.69, 9.17) is 9.15 Å². The molecule has 0 fully saturated rings. The predicted octanol–water partition coefficient (Wildman–Crippen LogP) is 5.60. The van der Waals surface area contributed by atoms with Crippen molar-refractivity contribution in [2.45, 2.75) is 6.61 Å². The van der Waals surface area contributed by atoms with Crippen LogP contribution < -0.4 is 4.74 Å². The number of ether oxygens (including phenoxy) is 1. The predicted molar refractivity (Wildman–Crippen MR) is 93.6 cm³/mol. The van der Waals surface area contributed by atoms with Crippen molar-refractivity contribution >= 4 is 47.8 Å². The molecule has 0 unspecified atom stereocenters. The summed E-state index contributed by atoms with van der Waals surface area (Å²) < 4.78 is 14.0. The summed E-state index contributed by atoms with van der Waals surface area (Å²) >= 11 is 10.3. The van der Waals surface area contributed by atoms with E-state index < -0.39 is 0 Å². The van der Waals surface area contributed by atoms with E-state index >= 15 is 0 Å². The second kappa shape index (κ2) is 6.93. The summed E-state index contributed by atoms with van der Waals surface area (Å²) in [5.41, 5.74) is 0.853. The molecule has 4 nitrogen and oxygen atoms in total. The van der Waals surface area contributed by atoms with Crippen LogP contribution in [0.2, 0.25) is 0 Å². The average molecular weight is 489 g/mol. The summed E-state index contributed by atoms with van der Waals surface area (Å²) in [4.78, 5) is 0. The molecule has 0 aliphatic carbocycles. The Morgan fingerprint density at radius 1 is 0.955 bits per heavy atom. The molecule has 0 saturated carbocycles. The van der Waals surface area contributed by atoms with Crippen molar-refractivity contribution in [3.63, 3.8) is 0 Å². The van der Waals surface area contributed by atoms with Gasteiger partial charge in [-0.1, -0.05) is 28.1 Å². The number of rotatable bonds is 4. The first kappa shape index (κ1) is 15.7. The highest BCUT2D eigenvalue weighted by atomic mass is 79.9. The first-order valence-electron chi connectivity index (χ1n) is 6.28. The summed E-state index contributed by atoms with van der Waals surface area (Å²) in [5, 5.41) is 8.06. The van der Waals surface area contributed by atoms with Gasteiger partial charge >= 0.3 is 0 Å². The van der Waals surface area contributed by atoms with Gasteiger partial charge in [0.2, 0.25) is 5.89 Å². The Labute approximate surface area is 152 Å². The molecule has 3 aromatic rings. The van der Waals surface area contributed by atoms with Gasteiger partial charge in [-0.2, -0.15) is 0 Å². The van der Waals surface area contributed by atoms with Gasteiger partial charge in [0.25, 0.3) is 5.89 Å². The minimum atomic E-state index is 0.206. The first-order valence-corrected chi connectivity index (χ1v) is 8.66. The maximum Gasteiger partial charge on any atom is 0.254 e. The van der Waals surface area contributed by atoms with Gasteiger partial charge in [-0.05, 0) is 62.2 Å². The van der Waals surface area contributed by atoms with E-state index in [1.165, 1.54) is 0 Å². The van der Waals surface area contributed by atoms with E-state index in [-0.39, 0.29) is 6.61 Å². The molecule has 0 radical (unpaired) electrons. The van der Waals surface area contributed by atoms with Crippen LogP contribution in [0.15, 0.2) is 60.3 Å². The summed E-state index contributed by atoms with van der Waals surface area (Å²) in [5.74, 6) is 1.59. The van der Waals surface area contributed by atoms with Gasteiger partial charge in [0, 0.05) is 8.95 Å². The normalized spacial score (nSPS) is 10.7. The summed E-state index contributed by atoms with van der Waals surface area (Å²) in [6.45, 7) is 0.206. The molecule has 0 aliphatic heterocycles. The van der Waals surface area contributed by atoms with E-state index in [1.807, 2.05) is 42.5 Å². The molecule has 2 aromatic carbocycles. The Morgan fingerprint density at radius 2 is 1.77 bits per heavy atom. The minimum absolute atomic E-state index is 0.206. The van der Waals surface area contributed by atoms with Gasteiger partial charge in [-0.25, -0.2) is 0 Å². The third kappa shape index (κ3) is 3.59. The van der Waals surface area contributed by atoms with E-state index in [0.29, 0.717) is 17.5 Å². The first-order chi connectivity index (χ1) is 10.6. The molecular formula is C15H9Br3N2O2. The number of halogens is 3. The van der Waals surface area contributed by atoms with Gasteiger partial charge in [0.15, 0.2) is 6.61 Å². The van der Waals surface area contributed by atoms with Crippen LogP contribution in [0.25, 0.3) is 11.5 Å². The highest BCUT2D eigenvalue weighted by Crippen LogP contribution is 2.30. The Hall–Kier alpha value is -1.18. The number of benzene rings is 2. The second-order valence-corrected chi connectivity index (χ2v) is 6.97. The Morgan fingerprint density at radius 3 is 2.55 bits per heavy atom. The van der Waals surface area contributed by atoms with Crippen LogP contribution in [0, 0.1) is 0 Å². The van der Waals surface area contributed by atoms with Crippen LogP contribution >= 0.6 is 47.8 Å². The van der Waals surface area contributed by atoms with E-state index in [0.717, 1.165) is 19.0 Å². The van der Waals surface area contributed by atoms with Crippen molar-refractivity contribution in [1.82, 2.24) is 10.2 Å². The maximum atomic E-state index is 5.68. The largest absolute Gasteiger partial charge is 0.483 e. The molecule has 0 atom stereocenters. The molecule has 0 aliphatic rings. The van der Waals surface area contributed by atoms with E-state index in [2.05, 4.69) is 58.0 Å². The number of nitrogens with zero attached hydrogens (tertiary/aromatic N) is 2. The van der Waals surface area contributed by atoms with Crippen LogP contribution in [0.1, 0.15) is 5.89 Å². The molecule has 1 aromatic heterocycles. The van der Waals surface area contributed by atoms with Crippen LogP contribution in [0.3, 0.4) is 0 Å². The molecule has 0 bridgehead atoms. The van der Waals surface area contributed by atoms with Gasteiger partial charge in [0.05, 0.1) is 10.0 Å². The molecule has 0 saturated heterocycles. The van der Waals surface area contributed by atoms with Crippen molar-refractivity contribution in [3.8, 4) is 17.2 Å². The third-order valence-electron chi connectivity index (χ3n) is 2.82. The smallest absolute Gasteiger partial charge is 0.254 e. The Kier molecular flexibility index (Phi) is 4.95. The van der Waals surface area contributed by atoms with Crippen molar-refractivity contribution in [1.29, 1.82) is 0 Å². The number of hydrogen-bond donors (Lipinski definition) is 0. The van der Waals surface area contributed by atoms with E-state index in [1.54, 1.807) is 0 Å². The number of aromatic nitrogens is 2. The molecule has 3 rings (SSSR count). The third-order valence-corrected chi connectivity index (χ3v) is 4.62. The Balaban J connectivity index is 1.74. The fourth-order valence-corrected chi connectivity index (χ4v) is 3.40. The van der Waals surface area contributed by atoms with Gasteiger partial charge in [-0.3, -0.25) is 0 Å². The van der Waals surface area contributed by atoms with Crippen molar-refractivity contribution < 1.29 is 9.15 Å². The standard InChI is InChI=1S/C15H9Br3N2O2/c16-9-5-6-13(12(18)7-9)21-8-14-19-20-15(22-14)10-3-1-2-4-11(10)17/h1-7H,8H2. The Bertz CT molecular complexity index is 805. The molecule has 1 heterocycles. The molecule has 22 heavy (non-hydrogen) atoms. The van der Waals surface area contributed by atoms with Crippen molar-refractivity contribution in [3.05, 3.63) is 61.8 Å². The molecule has 112 valence electrons. The molecule has 0 spiro atoms. The van der Waals surface area contributed by atoms with Gasteiger partial charge in [0.1, 0.15) is 5.75 Å². The lowest BCUT2D eigenvalue weighted by Crippen LogP contribution is -1.96. The summed E-state index contributed by atoms with van der Waals surface area (Å²) in [6.07, 6.45) is 0. The van der Waals surface area contributed by atoms with Gasteiger partial charge < -0.3 is 9.15 Å². The zero-order valence-corrected chi connectivity index (χ0v) is 15.9. The van der Waals surface area contributed by atoms with Crippen LogP contribution in [-0.4, -0.2) is 10.2 Å². The van der Waals surface area contributed by atoms with Crippen LogP contribution in [-0.2, 0) is 6.61 Å². The molecular weight excluding hydrogens is 480 g/mol. The number of hydrogen-bond acceptors (Lipinski definition) is 4. The quantitative estimate of drug-likeness (QED) is 0.479. The van der Waals surface area contributed by atoms with Crippen molar-refractivity contribution in [2.24, 2.45) is 0 Å². The monoisotopic (exact) mass is 486 g/mol. The maximum absolute atomic E-state index is 5.68. The fraction of sp³-hybridized carbons (Fsp3) is 0.0667. The van der Waals surface area contributed by atoms with E-state index in [9.17, 15) is 0 Å². The topological polar surface area (TPSA) is 48.2 Å². The lowest BCUT2D eigenvalue weighted by Gasteiger charge is -2.05. The minimum Gasteiger partial charge on any atom is -0.483 e. The highest BCUT2D eigenvalue weighted by molar-refractivity contribution is 9.11.